The Hall–Kier alpha value is -3.44. The summed E-state index contributed by atoms with van der Waals surface area (Å²) in [6, 6.07) is 9.65. The SMILES string of the molecule is CCOCCCNC(=O)c1ccc(OCc2nnc(C(=O)Nc3ccc(F)c(F)c3)s2)cc1. The third-order valence-corrected chi connectivity index (χ3v) is 5.17. The number of amides is 2. The van der Waals surface area contributed by atoms with E-state index in [0.29, 0.717) is 36.1 Å². The number of hydrogen-bond donors (Lipinski definition) is 2. The molecule has 0 unspecified atom stereocenters. The van der Waals surface area contributed by atoms with Crippen molar-refractivity contribution in [3.05, 3.63) is 69.7 Å². The molecule has 0 bridgehead atoms. The molecule has 0 atom stereocenters. The Labute approximate surface area is 192 Å². The monoisotopic (exact) mass is 476 g/mol. The topological polar surface area (TPSA) is 102 Å². The van der Waals surface area contributed by atoms with Gasteiger partial charge >= 0.3 is 0 Å². The van der Waals surface area contributed by atoms with Gasteiger partial charge in [0.25, 0.3) is 11.8 Å². The maximum atomic E-state index is 13.3. The maximum Gasteiger partial charge on any atom is 0.286 e. The van der Waals surface area contributed by atoms with Crippen LogP contribution in [0.1, 0.15) is 38.5 Å². The molecule has 1 heterocycles. The molecule has 0 saturated carbocycles. The van der Waals surface area contributed by atoms with Crippen molar-refractivity contribution in [3.63, 3.8) is 0 Å². The second-order valence-electron chi connectivity index (χ2n) is 6.70. The molecular weight excluding hydrogens is 454 g/mol. The Balaban J connectivity index is 1.47. The molecule has 0 saturated heterocycles. The van der Waals surface area contributed by atoms with Crippen LogP contribution in [0.4, 0.5) is 14.5 Å². The second kappa shape index (κ2) is 12.0. The van der Waals surface area contributed by atoms with Gasteiger partial charge in [0.15, 0.2) is 16.6 Å². The summed E-state index contributed by atoms with van der Waals surface area (Å²) < 4.78 is 37.1. The van der Waals surface area contributed by atoms with Crippen LogP contribution in [0.15, 0.2) is 42.5 Å². The Morgan fingerprint density at radius 3 is 2.55 bits per heavy atom. The minimum absolute atomic E-state index is 0.0506. The van der Waals surface area contributed by atoms with Gasteiger partial charge in [-0.1, -0.05) is 11.3 Å². The van der Waals surface area contributed by atoms with E-state index >= 15 is 0 Å². The van der Waals surface area contributed by atoms with E-state index in [1.807, 2.05) is 6.92 Å². The molecule has 0 spiro atoms. The van der Waals surface area contributed by atoms with Crippen molar-refractivity contribution in [2.75, 3.05) is 25.1 Å². The Kier molecular flexibility index (Phi) is 8.79. The smallest absolute Gasteiger partial charge is 0.286 e. The fraction of sp³-hybridized carbons (Fsp3) is 0.273. The van der Waals surface area contributed by atoms with E-state index in [1.165, 1.54) is 6.07 Å². The summed E-state index contributed by atoms with van der Waals surface area (Å²) in [4.78, 5) is 24.3. The first-order valence-corrected chi connectivity index (χ1v) is 11.0. The molecule has 2 amide bonds. The molecular formula is C22H22F2N4O4S. The lowest BCUT2D eigenvalue weighted by Gasteiger charge is -2.07. The summed E-state index contributed by atoms with van der Waals surface area (Å²) in [5, 5.41) is 13.4. The van der Waals surface area contributed by atoms with Gasteiger partial charge in [-0.05, 0) is 49.7 Å². The van der Waals surface area contributed by atoms with Crippen LogP contribution >= 0.6 is 11.3 Å². The van der Waals surface area contributed by atoms with Crippen molar-refractivity contribution in [3.8, 4) is 5.75 Å². The lowest BCUT2D eigenvalue weighted by molar-refractivity contribution is 0.0943. The molecule has 11 heteroatoms. The van der Waals surface area contributed by atoms with Gasteiger partial charge in [-0.15, -0.1) is 10.2 Å². The van der Waals surface area contributed by atoms with Crippen LogP contribution in [0.3, 0.4) is 0 Å². The zero-order valence-corrected chi connectivity index (χ0v) is 18.6. The lowest BCUT2D eigenvalue weighted by atomic mass is 10.2. The van der Waals surface area contributed by atoms with Crippen LogP contribution < -0.4 is 15.4 Å². The van der Waals surface area contributed by atoms with Crippen molar-refractivity contribution in [2.24, 2.45) is 0 Å². The highest BCUT2D eigenvalue weighted by Gasteiger charge is 2.15. The molecule has 3 rings (SSSR count). The van der Waals surface area contributed by atoms with Gasteiger partial charge in [-0.3, -0.25) is 9.59 Å². The summed E-state index contributed by atoms with van der Waals surface area (Å²) in [7, 11) is 0. The van der Waals surface area contributed by atoms with E-state index in [-0.39, 0.29) is 23.2 Å². The van der Waals surface area contributed by atoms with Gasteiger partial charge in [0.1, 0.15) is 12.4 Å². The number of rotatable bonds is 11. The molecule has 8 nitrogen and oxygen atoms in total. The highest BCUT2D eigenvalue weighted by molar-refractivity contribution is 7.13. The predicted octanol–water partition coefficient (Wildman–Crippen LogP) is 3.80. The van der Waals surface area contributed by atoms with Gasteiger partial charge in [0.2, 0.25) is 5.01 Å². The average Bonchev–Trinajstić information content (AvgIpc) is 3.29. The number of anilines is 1. The summed E-state index contributed by atoms with van der Waals surface area (Å²) in [5.41, 5.74) is 0.608. The van der Waals surface area contributed by atoms with Gasteiger partial charge in [0, 0.05) is 37.1 Å². The lowest BCUT2D eigenvalue weighted by Crippen LogP contribution is -2.25. The summed E-state index contributed by atoms with van der Waals surface area (Å²) in [6.07, 6.45) is 0.740. The highest BCUT2D eigenvalue weighted by atomic mass is 32.1. The summed E-state index contributed by atoms with van der Waals surface area (Å²) in [5.74, 6) is -2.33. The maximum absolute atomic E-state index is 13.3. The normalized spacial score (nSPS) is 10.6. The van der Waals surface area contributed by atoms with Gasteiger partial charge in [-0.25, -0.2) is 8.78 Å². The zero-order valence-electron chi connectivity index (χ0n) is 17.8. The third-order valence-electron chi connectivity index (χ3n) is 4.27. The van der Waals surface area contributed by atoms with E-state index in [2.05, 4.69) is 20.8 Å². The van der Waals surface area contributed by atoms with Crippen LogP contribution in [0.2, 0.25) is 0 Å². The number of nitrogens with zero attached hydrogens (tertiary/aromatic N) is 2. The van der Waals surface area contributed by atoms with Crippen LogP contribution in [0.5, 0.6) is 5.75 Å². The molecule has 0 aliphatic heterocycles. The van der Waals surface area contributed by atoms with E-state index in [1.54, 1.807) is 24.3 Å². The van der Waals surface area contributed by atoms with E-state index < -0.39 is 17.5 Å². The number of carbonyl (C=O) groups excluding carboxylic acids is 2. The first-order chi connectivity index (χ1) is 16.0. The van der Waals surface area contributed by atoms with Crippen molar-refractivity contribution >= 4 is 28.8 Å². The number of hydrogen-bond acceptors (Lipinski definition) is 7. The quantitative estimate of drug-likeness (QED) is 0.408. The molecule has 0 aliphatic rings. The fourth-order valence-electron chi connectivity index (χ4n) is 2.63. The fourth-order valence-corrected chi connectivity index (χ4v) is 3.28. The standard InChI is InChI=1S/C22H22F2N4O4S/c1-2-31-11-3-10-25-20(29)14-4-7-16(8-5-14)32-13-19-27-28-22(33-19)21(30)26-15-6-9-17(23)18(24)12-15/h4-9,12H,2-3,10-11,13H2,1H3,(H,25,29)(H,26,30). The van der Waals surface area contributed by atoms with Gasteiger partial charge in [0.05, 0.1) is 0 Å². The molecule has 2 N–H and O–H groups in total. The number of nitrogens with one attached hydrogen (secondary N) is 2. The van der Waals surface area contributed by atoms with E-state index in [4.69, 9.17) is 9.47 Å². The van der Waals surface area contributed by atoms with E-state index in [9.17, 15) is 18.4 Å². The molecule has 0 aliphatic carbocycles. The Bertz CT molecular complexity index is 1090. The number of carbonyl (C=O) groups is 2. The zero-order chi connectivity index (χ0) is 23.6. The molecule has 0 radical (unpaired) electrons. The summed E-state index contributed by atoms with van der Waals surface area (Å²) >= 11 is 1.01. The van der Waals surface area contributed by atoms with Crippen molar-refractivity contribution < 1.29 is 27.8 Å². The molecule has 33 heavy (non-hydrogen) atoms. The van der Waals surface area contributed by atoms with Gasteiger partial charge < -0.3 is 20.1 Å². The Morgan fingerprint density at radius 2 is 1.82 bits per heavy atom. The van der Waals surface area contributed by atoms with Crippen molar-refractivity contribution in [2.45, 2.75) is 20.0 Å². The first kappa shape index (κ1) is 24.2. The molecule has 3 aromatic rings. The number of aromatic nitrogens is 2. The van der Waals surface area contributed by atoms with Gasteiger partial charge in [-0.2, -0.15) is 0 Å². The van der Waals surface area contributed by atoms with Crippen LogP contribution in [0.25, 0.3) is 0 Å². The van der Waals surface area contributed by atoms with Crippen molar-refractivity contribution in [1.29, 1.82) is 0 Å². The molecule has 2 aromatic carbocycles. The summed E-state index contributed by atoms with van der Waals surface area (Å²) in [6.45, 7) is 3.77. The minimum Gasteiger partial charge on any atom is -0.486 e. The van der Waals surface area contributed by atoms with E-state index in [0.717, 1.165) is 29.9 Å². The van der Waals surface area contributed by atoms with Crippen LogP contribution in [-0.4, -0.2) is 41.8 Å². The van der Waals surface area contributed by atoms with Crippen molar-refractivity contribution in [1.82, 2.24) is 15.5 Å². The Morgan fingerprint density at radius 1 is 1.03 bits per heavy atom. The third kappa shape index (κ3) is 7.29. The van der Waals surface area contributed by atoms with Crippen LogP contribution in [-0.2, 0) is 11.3 Å². The largest absolute Gasteiger partial charge is 0.486 e. The predicted molar refractivity (Wildman–Crippen MR) is 118 cm³/mol. The molecule has 1 aromatic heterocycles. The molecule has 0 fully saturated rings. The highest BCUT2D eigenvalue weighted by Crippen LogP contribution is 2.18. The second-order valence-corrected chi connectivity index (χ2v) is 7.77. The number of benzene rings is 2. The minimum atomic E-state index is -1.07. The average molecular weight is 477 g/mol. The number of halogens is 2. The number of ether oxygens (including phenoxy) is 2. The first-order valence-electron chi connectivity index (χ1n) is 10.1. The molecule has 174 valence electrons. The van der Waals surface area contributed by atoms with Crippen LogP contribution in [0, 0.1) is 11.6 Å².